The molecule has 29 heavy (non-hydrogen) atoms. The SMILES string of the molecule is O=c1ccc(-c2cccnc2)nn1CC1CCCN1c1ccnc(C2CCC2)n1. The smallest absolute Gasteiger partial charge is 0.266 e. The lowest BCUT2D eigenvalue weighted by molar-refractivity contribution is 0.400. The average Bonchev–Trinajstić information content (AvgIpc) is 3.17. The highest BCUT2D eigenvalue weighted by Crippen LogP contribution is 2.35. The number of anilines is 1. The zero-order chi connectivity index (χ0) is 19.6. The van der Waals surface area contributed by atoms with E-state index in [-0.39, 0.29) is 11.6 Å². The van der Waals surface area contributed by atoms with Gasteiger partial charge in [-0.05, 0) is 49.9 Å². The molecular formula is C22H24N6O. The van der Waals surface area contributed by atoms with E-state index in [4.69, 9.17) is 4.98 Å². The van der Waals surface area contributed by atoms with Gasteiger partial charge in [-0.15, -0.1) is 0 Å². The molecule has 0 radical (unpaired) electrons. The van der Waals surface area contributed by atoms with Crippen molar-refractivity contribution in [3.63, 3.8) is 0 Å². The highest BCUT2D eigenvalue weighted by atomic mass is 16.1. The number of aromatic nitrogens is 5. The maximum atomic E-state index is 12.5. The van der Waals surface area contributed by atoms with Crippen LogP contribution in [0.15, 0.2) is 53.7 Å². The van der Waals surface area contributed by atoms with Gasteiger partial charge in [-0.2, -0.15) is 5.10 Å². The second kappa shape index (κ2) is 7.73. The molecule has 0 N–H and O–H groups in total. The van der Waals surface area contributed by atoms with Crippen molar-refractivity contribution in [2.45, 2.75) is 50.6 Å². The molecule has 3 aromatic rings. The molecule has 7 heteroatoms. The molecule has 1 aliphatic carbocycles. The summed E-state index contributed by atoms with van der Waals surface area (Å²) in [6.45, 7) is 1.50. The van der Waals surface area contributed by atoms with E-state index < -0.39 is 0 Å². The third-order valence-electron chi connectivity index (χ3n) is 6.01. The Bertz CT molecular complexity index is 1050. The molecule has 1 atom stereocenters. The Morgan fingerprint density at radius 2 is 1.97 bits per heavy atom. The molecule has 2 aliphatic rings. The Morgan fingerprint density at radius 3 is 2.76 bits per heavy atom. The fraction of sp³-hybridized carbons (Fsp3) is 0.409. The van der Waals surface area contributed by atoms with Crippen LogP contribution in [0.2, 0.25) is 0 Å². The van der Waals surface area contributed by atoms with E-state index in [2.05, 4.69) is 20.0 Å². The van der Waals surface area contributed by atoms with Crippen molar-refractivity contribution in [1.82, 2.24) is 24.7 Å². The summed E-state index contributed by atoms with van der Waals surface area (Å²) in [6, 6.07) is 9.37. The van der Waals surface area contributed by atoms with Crippen LogP contribution >= 0.6 is 0 Å². The van der Waals surface area contributed by atoms with Crippen LogP contribution in [0.5, 0.6) is 0 Å². The van der Waals surface area contributed by atoms with E-state index in [9.17, 15) is 4.79 Å². The third kappa shape index (κ3) is 3.64. The van der Waals surface area contributed by atoms with Gasteiger partial charge in [0.2, 0.25) is 0 Å². The van der Waals surface area contributed by atoms with Gasteiger partial charge in [-0.25, -0.2) is 14.6 Å². The quantitative estimate of drug-likeness (QED) is 0.669. The largest absolute Gasteiger partial charge is 0.352 e. The molecule has 0 spiro atoms. The van der Waals surface area contributed by atoms with Gasteiger partial charge in [-0.3, -0.25) is 9.78 Å². The van der Waals surface area contributed by atoms with Gasteiger partial charge in [0, 0.05) is 42.7 Å². The zero-order valence-corrected chi connectivity index (χ0v) is 16.3. The molecule has 0 aromatic carbocycles. The lowest BCUT2D eigenvalue weighted by atomic mass is 9.85. The first kappa shape index (κ1) is 18.0. The predicted molar refractivity (Wildman–Crippen MR) is 111 cm³/mol. The summed E-state index contributed by atoms with van der Waals surface area (Å²) in [5.74, 6) is 2.45. The Morgan fingerprint density at radius 1 is 1.03 bits per heavy atom. The lowest BCUT2D eigenvalue weighted by Gasteiger charge is -2.28. The summed E-state index contributed by atoms with van der Waals surface area (Å²) < 4.78 is 1.58. The first-order valence-electron chi connectivity index (χ1n) is 10.4. The van der Waals surface area contributed by atoms with Crippen LogP contribution in [0.3, 0.4) is 0 Å². The number of hydrogen-bond donors (Lipinski definition) is 0. The Hall–Kier alpha value is -3.09. The summed E-state index contributed by atoms with van der Waals surface area (Å²) in [5, 5.41) is 4.61. The van der Waals surface area contributed by atoms with Gasteiger partial charge in [0.25, 0.3) is 5.56 Å². The van der Waals surface area contributed by atoms with Crippen molar-refractivity contribution in [2.75, 3.05) is 11.4 Å². The third-order valence-corrected chi connectivity index (χ3v) is 6.01. The minimum atomic E-state index is -0.0812. The van der Waals surface area contributed by atoms with Crippen molar-refractivity contribution >= 4 is 5.82 Å². The van der Waals surface area contributed by atoms with E-state index >= 15 is 0 Å². The van der Waals surface area contributed by atoms with Gasteiger partial charge in [0.1, 0.15) is 11.6 Å². The van der Waals surface area contributed by atoms with Gasteiger partial charge in [0.15, 0.2) is 0 Å². The van der Waals surface area contributed by atoms with E-state index in [0.717, 1.165) is 42.3 Å². The molecule has 4 heterocycles. The van der Waals surface area contributed by atoms with Crippen LogP contribution in [0, 0.1) is 0 Å². The summed E-state index contributed by atoms with van der Waals surface area (Å²) in [7, 11) is 0. The monoisotopic (exact) mass is 388 g/mol. The number of rotatable bonds is 5. The topological polar surface area (TPSA) is 76.8 Å². The summed E-state index contributed by atoms with van der Waals surface area (Å²) in [5.41, 5.74) is 1.59. The van der Waals surface area contributed by atoms with Crippen molar-refractivity contribution in [3.8, 4) is 11.3 Å². The van der Waals surface area contributed by atoms with E-state index in [1.165, 1.54) is 19.3 Å². The first-order chi connectivity index (χ1) is 14.3. The molecule has 2 fully saturated rings. The molecule has 1 unspecified atom stereocenters. The maximum absolute atomic E-state index is 12.5. The van der Waals surface area contributed by atoms with Crippen LogP contribution in [0.1, 0.15) is 43.8 Å². The highest BCUT2D eigenvalue weighted by molar-refractivity contribution is 5.56. The number of hydrogen-bond acceptors (Lipinski definition) is 6. The standard InChI is InChI=1S/C22H24N6O/c29-21-9-8-19(17-6-2-11-23-14-17)26-28(21)15-18-7-3-13-27(18)20-10-12-24-22(25-20)16-4-1-5-16/h2,6,8-12,14,16,18H,1,3-5,7,13,15H2. The molecule has 3 aromatic heterocycles. The molecule has 148 valence electrons. The average molecular weight is 388 g/mol. The summed E-state index contributed by atoms with van der Waals surface area (Å²) in [6.07, 6.45) is 11.1. The number of pyridine rings is 1. The van der Waals surface area contributed by atoms with Crippen LogP contribution < -0.4 is 10.5 Å². The molecule has 0 bridgehead atoms. The Labute approximate surface area is 169 Å². The first-order valence-corrected chi connectivity index (χ1v) is 10.4. The van der Waals surface area contributed by atoms with Gasteiger partial charge >= 0.3 is 0 Å². The predicted octanol–water partition coefficient (Wildman–Crippen LogP) is 3.03. The fourth-order valence-electron chi connectivity index (χ4n) is 4.16. The zero-order valence-electron chi connectivity index (χ0n) is 16.3. The minimum Gasteiger partial charge on any atom is -0.352 e. The van der Waals surface area contributed by atoms with Gasteiger partial charge in [0.05, 0.1) is 18.3 Å². The maximum Gasteiger partial charge on any atom is 0.266 e. The molecule has 1 aliphatic heterocycles. The Kier molecular flexibility index (Phi) is 4.79. The second-order valence-electron chi connectivity index (χ2n) is 7.87. The van der Waals surface area contributed by atoms with Crippen molar-refractivity contribution in [1.29, 1.82) is 0 Å². The molecule has 1 saturated carbocycles. The fourth-order valence-corrected chi connectivity index (χ4v) is 4.16. The van der Waals surface area contributed by atoms with E-state index in [1.807, 2.05) is 24.4 Å². The van der Waals surface area contributed by atoms with Gasteiger partial charge < -0.3 is 4.90 Å². The molecular weight excluding hydrogens is 364 g/mol. The minimum absolute atomic E-state index is 0.0812. The van der Waals surface area contributed by atoms with Crippen LogP contribution in [-0.2, 0) is 6.54 Å². The lowest BCUT2D eigenvalue weighted by Crippen LogP contribution is -2.37. The summed E-state index contributed by atoms with van der Waals surface area (Å²) in [4.78, 5) is 28.3. The van der Waals surface area contributed by atoms with E-state index in [1.54, 1.807) is 29.2 Å². The normalized spacial score (nSPS) is 19.3. The van der Waals surface area contributed by atoms with Crippen LogP contribution in [0.25, 0.3) is 11.3 Å². The van der Waals surface area contributed by atoms with E-state index in [0.29, 0.717) is 12.5 Å². The van der Waals surface area contributed by atoms with Gasteiger partial charge in [-0.1, -0.05) is 6.42 Å². The molecule has 0 amide bonds. The van der Waals surface area contributed by atoms with Crippen LogP contribution in [0.4, 0.5) is 5.82 Å². The Balaban J connectivity index is 1.39. The van der Waals surface area contributed by atoms with Crippen LogP contribution in [-0.4, -0.2) is 37.3 Å². The summed E-state index contributed by atoms with van der Waals surface area (Å²) >= 11 is 0. The molecule has 7 nitrogen and oxygen atoms in total. The van der Waals surface area contributed by atoms with Crippen molar-refractivity contribution in [3.05, 3.63) is 65.1 Å². The number of nitrogens with zero attached hydrogens (tertiary/aromatic N) is 6. The molecule has 5 rings (SSSR count). The second-order valence-corrected chi connectivity index (χ2v) is 7.87. The molecule has 1 saturated heterocycles. The van der Waals surface area contributed by atoms with Crippen molar-refractivity contribution in [2.24, 2.45) is 0 Å². The highest BCUT2D eigenvalue weighted by Gasteiger charge is 2.28. The van der Waals surface area contributed by atoms with Crippen molar-refractivity contribution < 1.29 is 0 Å².